The standard InChI is InChI=1S/C34H43N5O3S/c1-22(35-6)31(40)37-30(34(3,4)5)23(2)38-18-17-28-29(38)26(32-36-27(21-43-32)25-15-11-8-12-16-25)19-39(28)33(41)42-20-24-13-9-7-10-14-24/h7-16,21-22,26,28-30,35H,2,17-20H2,1,3-6H3,(H,37,40)/t22-,26-,28+,29+,30+/m0/s1. The summed E-state index contributed by atoms with van der Waals surface area (Å²) < 4.78 is 5.83. The zero-order valence-electron chi connectivity index (χ0n) is 25.7. The molecule has 0 unspecified atom stereocenters. The fourth-order valence-corrected chi connectivity index (χ4v) is 7.18. The second kappa shape index (κ2) is 12.9. The summed E-state index contributed by atoms with van der Waals surface area (Å²) in [6.45, 7) is 14.2. The molecule has 0 bridgehead atoms. The lowest BCUT2D eigenvalue weighted by Crippen LogP contribution is -2.54. The molecule has 2 aromatic carbocycles. The first-order valence-electron chi connectivity index (χ1n) is 15.0. The highest BCUT2D eigenvalue weighted by atomic mass is 32.1. The minimum Gasteiger partial charge on any atom is -0.445 e. The summed E-state index contributed by atoms with van der Waals surface area (Å²) in [6, 6.07) is 19.2. The number of likely N-dealkylation sites (N-methyl/N-ethyl adjacent to an activating group) is 1. The van der Waals surface area contributed by atoms with E-state index < -0.39 is 0 Å². The molecule has 9 heteroatoms. The van der Waals surface area contributed by atoms with E-state index in [-0.39, 0.29) is 54.1 Å². The van der Waals surface area contributed by atoms with Crippen molar-refractivity contribution in [2.45, 2.75) is 70.8 Å². The van der Waals surface area contributed by atoms with Crippen molar-refractivity contribution < 1.29 is 14.3 Å². The van der Waals surface area contributed by atoms with E-state index in [1.165, 1.54) is 0 Å². The third-order valence-electron chi connectivity index (χ3n) is 8.66. The van der Waals surface area contributed by atoms with Crippen molar-refractivity contribution in [2.75, 3.05) is 20.1 Å². The zero-order valence-corrected chi connectivity index (χ0v) is 26.6. The number of rotatable bonds is 9. The number of likely N-dealkylation sites (tertiary alicyclic amines) is 2. The van der Waals surface area contributed by atoms with Gasteiger partial charge >= 0.3 is 6.09 Å². The SMILES string of the molecule is C=C([C@@H](NC(=O)[C@H](C)NC)C(C)(C)C)N1CC[C@@H]2[C@H]1[C@@H](c1nc(-c3ccccc3)cs1)CN2C(=O)OCc1ccccc1. The van der Waals surface area contributed by atoms with Crippen LogP contribution in [-0.2, 0) is 16.1 Å². The fourth-order valence-electron chi connectivity index (χ4n) is 6.21. The molecule has 2 N–H and O–H groups in total. The Hall–Kier alpha value is -3.69. The van der Waals surface area contributed by atoms with E-state index in [1.54, 1.807) is 18.4 Å². The maximum atomic E-state index is 13.6. The molecule has 2 amide bonds. The Balaban J connectivity index is 1.44. The normalized spacial score (nSPS) is 21.3. The number of carbonyl (C=O) groups excluding carboxylic acids is 2. The molecule has 0 spiro atoms. The molecule has 3 aromatic rings. The molecule has 0 aliphatic carbocycles. The van der Waals surface area contributed by atoms with E-state index in [0.717, 1.165) is 40.5 Å². The van der Waals surface area contributed by atoms with Gasteiger partial charge in [-0.3, -0.25) is 4.79 Å². The first kappa shape index (κ1) is 30.8. The van der Waals surface area contributed by atoms with Crippen LogP contribution >= 0.6 is 11.3 Å². The average molecular weight is 602 g/mol. The minimum atomic E-state index is -0.329. The number of hydrogen-bond donors (Lipinski definition) is 2. The molecule has 2 fully saturated rings. The molecule has 0 saturated carbocycles. The third-order valence-corrected chi connectivity index (χ3v) is 9.63. The summed E-state index contributed by atoms with van der Waals surface area (Å²) in [7, 11) is 1.78. The van der Waals surface area contributed by atoms with Gasteiger partial charge < -0.3 is 25.2 Å². The predicted octanol–water partition coefficient (Wildman–Crippen LogP) is 5.64. The van der Waals surface area contributed by atoms with Crippen LogP contribution in [0.4, 0.5) is 4.79 Å². The molecule has 2 aliphatic rings. The summed E-state index contributed by atoms with van der Waals surface area (Å²) in [5.41, 5.74) is 3.55. The van der Waals surface area contributed by atoms with Crippen LogP contribution in [-0.4, -0.2) is 71.1 Å². The van der Waals surface area contributed by atoms with Gasteiger partial charge in [-0.25, -0.2) is 9.78 Å². The van der Waals surface area contributed by atoms with Crippen molar-refractivity contribution in [3.8, 4) is 11.3 Å². The van der Waals surface area contributed by atoms with Crippen LogP contribution in [0, 0.1) is 5.41 Å². The van der Waals surface area contributed by atoms with Gasteiger partial charge in [0.25, 0.3) is 0 Å². The maximum absolute atomic E-state index is 13.6. The number of ether oxygens (including phenoxy) is 1. The number of thiazole rings is 1. The van der Waals surface area contributed by atoms with E-state index in [1.807, 2.05) is 60.4 Å². The van der Waals surface area contributed by atoms with Crippen LogP contribution in [0.2, 0.25) is 0 Å². The first-order valence-corrected chi connectivity index (χ1v) is 15.9. The van der Waals surface area contributed by atoms with Crippen LogP contribution in [0.1, 0.15) is 50.6 Å². The van der Waals surface area contributed by atoms with E-state index in [4.69, 9.17) is 9.72 Å². The molecule has 3 heterocycles. The van der Waals surface area contributed by atoms with E-state index in [0.29, 0.717) is 6.54 Å². The number of hydrogen-bond acceptors (Lipinski definition) is 7. The average Bonchev–Trinajstić information content (AvgIpc) is 3.75. The maximum Gasteiger partial charge on any atom is 0.410 e. The van der Waals surface area contributed by atoms with Crippen molar-refractivity contribution in [3.63, 3.8) is 0 Å². The van der Waals surface area contributed by atoms with Crippen LogP contribution in [0.15, 0.2) is 78.3 Å². The summed E-state index contributed by atoms with van der Waals surface area (Å²) in [4.78, 5) is 35.9. The topological polar surface area (TPSA) is 86.8 Å². The molecule has 8 nitrogen and oxygen atoms in total. The smallest absolute Gasteiger partial charge is 0.410 e. The van der Waals surface area contributed by atoms with Crippen molar-refractivity contribution in [1.82, 2.24) is 25.4 Å². The van der Waals surface area contributed by atoms with Crippen molar-refractivity contribution >= 4 is 23.3 Å². The van der Waals surface area contributed by atoms with Gasteiger partial charge in [-0.05, 0) is 31.4 Å². The highest BCUT2D eigenvalue weighted by Crippen LogP contribution is 2.45. The Morgan fingerprint density at radius 3 is 2.42 bits per heavy atom. The summed E-state index contributed by atoms with van der Waals surface area (Å²) >= 11 is 1.64. The van der Waals surface area contributed by atoms with Crippen molar-refractivity contribution in [2.24, 2.45) is 5.41 Å². The number of nitrogens with one attached hydrogen (secondary N) is 2. The van der Waals surface area contributed by atoms with Gasteiger partial charge in [0.1, 0.15) is 11.6 Å². The lowest BCUT2D eigenvalue weighted by Gasteiger charge is -2.40. The molecule has 5 rings (SSSR count). The largest absolute Gasteiger partial charge is 0.445 e. The van der Waals surface area contributed by atoms with Crippen LogP contribution in [0.3, 0.4) is 0 Å². The summed E-state index contributed by atoms with van der Waals surface area (Å²) in [5, 5.41) is 9.38. The number of benzene rings is 2. The second-order valence-corrected chi connectivity index (χ2v) is 13.5. The van der Waals surface area contributed by atoms with Crippen LogP contribution in [0.25, 0.3) is 11.3 Å². The van der Waals surface area contributed by atoms with E-state index in [2.05, 4.69) is 60.4 Å². The van der Waals surface area contributed by atoms with Crippen LogP contribution in [0.5, 0.6) is 0 Å². The number of aromatic nitrogens is 1. The number of fused-ring (bicyclic) bond motifs is 1. The Bertz CT molecular complexity index is 1420. The molecule has 228 valence electrons. The van der Waals surface area contributed by atoms with Gasteiger partial charge in [-0.15, -0.1) is 11.3 Å². The first-order chi connectivity index (χ1) is 20.6. The van der Waals surface area contributed by atoms with Gasteiger partial charge in [0.2, 0.25) is 5.91 Å². The summed E-state index contributed by atoms with van der Waals surface area (Å²) in [6.07, 6.45) is 0.479. The molecule has 2 saturated heterocycles. The van der Waals surface area contributed by atoms with Gasteiger partial charge in [-0.1, -0.05) is 88.0 Å². The van der Waals surface area contributed by atoms with Crippen molar-refractivity contribution in [3.05, 3.63) is 88.9 Å². The molecule has 43 heavy (non-hydrogen) atoms. The van der Waals surface area contributed by atoms with Crippen LogP contribution < -0.4 is 10.6 Å². The Morgan fingerprint density at radius 2 is 1.77 bits per heavy atom. The fraction of sp³-hybridized carbons (Fsp3) is 0.441. The highest BCUT2D eigenvalue weighted by molar-refractivity contribution is 7.10. The predicted molar refractivity (Wildman–Crippen MR) is 172 cm³/mol. The summed E-state index contributed by atoms with van der Waals surface area (Å²) in [5.74, 6) is -0.0932. The molecular weight excluding hydrogens is 558 g/mol. The number of nitrogens with zero attached hydrogens (tertiary/aromatic N) is 3. The molecule has 1 aromatic heterocycles. The Morgan fingerprint density at radius 1 is 1.09 bits per heavy atom. The van der Waals surface area contributed by atoms with Gasteiger partial charge in [0, 0.05) is 29.7 Å². The Kier molecular flexibility index (Phi) is 9.22. The quantitative estimate of drug-likeness (QED) is 0.330. The van der Waals surface area contributed by atoms with Gasteiger partial charge in [-0.2, -0.15) is 0 Å². The second-order valence-electron chi connectivity index (χ2n) is 12.6. The molecule has 5 atom stereocenters. The van der Waals surface area contributed by atoms with Crippen molar-refractivity contribution in [1.29, 1.82) is 0 Å². The number of carbonyl (C=O) groups is 2. The number of amides is 2. The third kappa shape index (κ3) is 6.63. The lowest BCUT2D eigenvalue weighted by atomic mass is 9.83. The molecule has 0 radical (unpaired) electrons. The minimum absolute atomic E-state index is 0.0245. The monoisotopic (exact) mass is 601 g/mol. The molecule has 2 aliphatic heterocycles. The van der Waals surface area contributed by atoms with Gasteiger partial charge in [0.05, 0.1) is 35.8 Å². The Labute approximate surface area is 259 Å². The highest BCUT2D eigenvalue weighted by Gasteiger charge is 2.53. The van der Waals surface area contributed by atoms with E-state index >= 15 is 0 Å². The molecular formula is C34H43N5O3S. The van der Waals surface area contributed by atoms with E-state index in [9.17, 15) is 9.59 Å². The lowest BCUT2D eigenvalue weighted by molar-refractivity contribution is -0.124. The van der Waals surface area contributed by atoms with Gasteiger partial charge in [0.15, 0.2) is 0 Å². The zero-order chi connectivity index (χ0) is 30.7.